The molecule has 144 valence electrons. The van der Waals surface area contributed by atoms with E-state index in [2.05, 4.69) is 14.1 Å². The molecule has 24 heavy (non-hydrogen) atoms. The highest BCUT2D eigenvalue weighted by Crippen LogP contribution is 2.33. The number of nitrogens with zero attached hydrogens (tertiary/aromatic N) is 2. The van der Waals surface area contributed by atoms with E-state index in [4.69, 9.17) is 0 Å². The van der Waals surface area contributed by atoms with Crippen molar-refractivity contribution < 1.29 is 19.9 Å². The molecule has 0 radical (unpaired) electrons. The summed E-state index contributed by atoms with van der Waals surface area (Å²) in [5.41, 5.74) is 0. The molecule has 2 aliphatic heterocycles. The summed E-state index contributed by atoms with van der Waals surface area (Å²) in [7, 11) is 5.07. The molecule has 3 rings (SSSR count). The van der Waals surface area contributed by atoms with Crippen LogP contribution < -0.4 is 0 Å². The molecule has 4 nitrogen and oxygen atoms in total. The first-order valence-corrected chi connectivity index (χ1v) is 10.2. The zero-order chi connectivity index (χ0) is 15.5. The summed E-state index contributed by atoms with van der Waals surface area (Å²) < 4.78 is 2.78. The standard InChI is InChI=1S/C20H40N2.2H2O/c1-21(13-5-3-6-14-21)17-19-9-11-20(12-10-19)18-22(2)15-7-4-8-16-22;;/h19-20H,3-18H2,1-2H3;2*1H2/q+2;;/p-2. The summed E-state index contributed by atoms with van der Waals surface area (Å²) >= 11 is 0. The maximum Gasteiger partial charge on any atom is 0.0813 e. The summed E-state index contributed by atoms with van der Waals surface area (Å²) in [6.45, 7) is 8.78. The number of hydrogen-bond acceptors (Lipinski definition) is 2. The molecular formula is C20H42N2O2. The Morgan fingerprint density at radius 3 is 1.12 bits per heavy atom. The predicted octanol–water partition coefficient (Wildman–Crippen LogP) is 3.70. The summed E-state index contributed by atoms with van der Waals surface area (Å²) in [6.07, 6.45) is 15.0. The monoisotopic (exact) mass is 342 g/mol. The number of hydrogen-bond donors (Lipinski definition) is 0. The lowest BCUT2D eigenvalue weighted by molar-refractivity contribution is -0.919. The Morgan fingerprint density at radius 1 is 0.542 bits per heavy atom. The van der Waals surface area contributed by atoms with E-state index in [-0.39, 0.29) is 11.0 Å². The first-order valence-electron chi connectivity index (χ1n) is 10.2. The minimum absolute atomic E-state index is 0. The summed E-state index contributed by atoms with van der Waals surface area (Å²) in [5.74, 6) is 2.07. The molecule has 0 aromatic rings. The molecule has 0 aromatic carbocycles. The van der Waals surface area contributed by atoms with Crippen LogP contribution in [0.4, 0.5) is 0 Å². The normalized spacial score (nSPS) is 32.2. The van der Waals surface area contributed by atoms with Crippen LogP contribution in [0.15, 0.2) is 0 Å². The number of quaternary nitrogens is 2. The molecule has 2 heterocycles. The zero-order valence-corrected chi connectivity index (χ0v) is 16.3. The fourth-order valence-corrected chi connectivity index (χ4v) is 5.76. The Balaban J connectivity index is 0.00000144. The van der Waals surface area contributed by atoms with Gasteiger partial charge in [0.1, 0.15) is 0 Å². The van der Waals surface area contributed by atoms with E-state index in [9.17, 15) is 0 Å². The quantitative estimate of drug-likeness (QED) is 0.731. The highest BCUT2D eigenvalue weighted by atomic mass is 16.0. The van der Waals surface area contributed by atoms with Crippen molar-refractivity contribution in [1.29, 1.82) is 0 Å². The molecule has 0 bridgehead atoms. The van der Waals surface area contributed by atoms with Crippen LogP contribution >= 0.6 is 0 Å². The Hall–Kier alpha value is -0.160. The molecule has 0 atom stereocenters. The van der Waals surface area contributed by atoms with Crippen molar-refractivity contribution in [2.75, 3.05) is 53.4 Å². The molecular weight excluding hydrogens is 300 g/mol. The van der Waals surface area contributed by atoms with Crippen LogP contribution in [0.25, 0.3) is 0 Å². The van der Waals surface area contributed by atoms with Crippen molar-refractivity contribution in [3.63, 3.8) is 0 Å². The second-order valence-electron chi connectivity index (χ2n) is 9.51. The van der Waals surface area contributed by atoms with E-state index in [1.54, 1.807) is 0 Å². The van der Waals surface area contributed by atoms with Gasteiger partial charge in [-0.1, -0.05) is 0 Å². The lowest BCUT2D eigenvalue weighted by Crippen LogP contribution is -2.52. The van der Waals surface area contributed by atoms with Crippen LogP contribution in [0.5, 0.6) is 0 Å². The largest absolute Gasteiger partial charge is 0.870 e. The molecule has 2 saturated heterocycles. The summed E-state index contributed by atoms with van der Waals surface area (Å²) in [6, 6.07) is 0. The fourth-order valence-electron chi connectivity index (χ4n) is 5.76. The third-order valence-electron chi connectivity index (χ3n) is 7.16. The maximum absolute atomic E-state index is 2.53. The van der Waals surface area contributed by atoms with Gasteiger partial charge in [0.05, 0.1) is 53.4 Å². The molecule has 0 spiro atoms. The molecule has 3 aliphatic rings. The SMILES string of the molecule is C[N+]1(CC2CCC(C[N+]3(C)CCCCC3)CC2)CCCCC1.[OH-].[OH-]. The topological polar surface area (TPSA) is 60.0 Å². The first-order chi connectivity index (χ1) is 10.6. The molecule has 1 aliphatic carbocycles. The van der Waals surface area contributed by atoms with Gasteiger partial charge in [0.15, 0.2) is 0 Å². The van der Waals surface area contributed by atoms with E-state index in [0.717, 1.165) is 11.8 Å². The van der Waals surface area contributed by atoms with Crippen LogP contribution in [0.3, 0.4) is 0 Å². The second kappa shape index (κ2) is 9.51. The fraction of sp³-hybridized carbons (Fsp3) is 1.00. The van der Waals surface area contributed by atoms with Gasteiger partial charge < -0.3 is 19.9 Å². The van der Waals surface area contributed by atoms with Crippen molar-refractivity contribution in [2.24, 2.45) is 11.8 Å². The van der Waals surface area contributed by atoms with Crippen molar-refractivity contribution in [2.45, 2.75) is 64.2 Å². The van der Waals surface area contributed by atoms with Gasteiger partial charge in [-0.3, -0.25) is 0 Å². The Bertz CT molecular complexity index is 308. The lowest BCUT2D eigenvalue weighted by Gasteiger charge is -2.44. The Labute approximate surface area is 150 Å². The minimum Gasteiger partial charge on any atom is -0.870 e. The average molecular weight is 343 g/mol. The minimum atomic E-state index is 0. The van der Waals surface area contributed by atoms with E-state index in [1.807, 2.05) is 0 Å². The number of piperidine rings is 2. The molecule has 3 fully saturated rings. The molecule has 0 unspecified atom stereocenters. The van der Waals surface area contributed by atoms with Crippen LogP contribution in [0.1, 0.15) is 64.2 Å². The van der Waals surface area contributed by atoms with Gasteiger partial charge in [0.25, 0.3) is 0 Å². The smallest absolute Gasteiger partial charge is 0.0813 e. The molecule has 2 N–H and O–H groups in total. The molecule has 0 amide bonds. The van der Waals surface area contributed by atoms with E-state index < -0.39 is 0 Å². The van der Waals surface area contributed by atoms with E-state index in [1.165, 1.54) is 112 Å². The summed E-state index contributed by atoms with van der Waals surface area (Å²) in [4.78, 5) is 0. The second-order valence-corrected chi connectivity index (χ2v) is 9.51. The Morgan fingerprint density at radius 2 is 0.833 bits per heavy atom. The van der Waals surface area contributed by atoms with Crippen LogP contribution in [-0.4, -0.2) is 73.3 Å². The number of likely N-dealkylation sites (tertiary alicyclic amines) is 2. The van der Waals surface area contributed by atoms with Crippen LogP contribution in [-0.2, 0) is 0 Å². The van der Waals surface area contributed by atoms with Gasteiger partial charge in [-0.2, -0.15) is 0 Å². The molecule has 1 saturated carbocycles. The van der Waals surface area contributed by atoms with Gasteiger partial charge >= 0.3 is 0 Å². The van der Waals surface area contributed by atoms with E-state index >= 15 is 0 Å². The highest BCUT2D eigenvalue weighted by Gasteiger charge is 2.34. The number of rotatable bonds is 4. The van der Waals surface area contributed by atoms with Gasteiger partial charge in [-0.05, 0) is 64.2 Å². The van der Waals surface area contributed by atoms with Gasteiger partial charge in [0, 0.05) is 11.8 Å². The summed E-state index contributed by atoms with van der Waals surface area (Å²) in [5, 5.41) is 0. The van der Waals surface area contributed by atoms with Crippen molar-refractivity contribution in [3.05, 3.63) is 0 Å². The molecule has 4 heteroatoms. The van der Waals surface area contributed by atoms with Crippen LogP contribution in [0.2, 0.25) is 0 Å². The molecule has 0 aromatic heterocycles. The van der Waals surface area contributed by atoms with Crippen molar-refractivity contribution >= 4 is 0 Å². The predicted molar refractivity (Wildman–Crippen MR) is 98.6 cm³/mol. The third kappa shape index (κ3) is 5.98. The van der Waals surface area contributed by atoms with Gasteiger partial charge in [-0.25, -0.2) is 0 Å². The highest BCUT2D eigenvalue weighted by molar-refractivity contribution is 4.73. The zero-order valence-electron chi connectivity index (χ0n) is 16.3. The van der Waals surface area contributed by atoms with Gasteiger partial charge in [0.2, 0.25) is 0 Å². The van der Waals surface area contributed by atoms with Gasteiger partial charge in [-0.15, -0.1) is 0 Å². The van der Waals surface area contributed by atoms with Crippen molar-refractivity contribution in [1.82, 2.24) is 0 Å². The average Bonchev–Trinajstić information content (AvgIpc) is 2.50. The lowest BCUT2D eigenvalue weighted by atomic mass is 9.80. The maximum atomic E-state index is 2.53. The van der Waals surface area contributed by atoms with Crippen molar-refractivity contribution in [3.8, 4) is 0 Å². The first kappa shape index (κ1) is 21.9. The van der Waals surface area contributed by atoms with Crippen LogP contribution in [0, 0.1) is 11.8 Å². The third-order valence-corrected chi connectivity index (χ3v) is 7.16. The Kier molecular flexibility index (Phi) is 8.67. The van der Waals surface area contributed by atoms with E-state index in [0.29, 0.717) is 0 Å².